The number of hydrogen-bond acceptors (Lipinski definition) is 6. The molecule has 1 amide bonds. The van der Waals surface area contributed by atoms with Gasteiger partial charge < -0.3 is 9.47 Å². The number of hydrogen-bond donors (Lipinski definition) is 0. The Labute approximate surface area is 222 Å². The number of unbranched alkanes of at least 4 members (excludes halogenated alkanes) is 5. The monoisotopic (exact) mass is 548 g/mol. The third-order valence-electron chi connectivity index (χ3n) is 5.75. The Morgan fingerprint density at radius 3 is 2.38 bits per heavy atom. The summed E-state index contributed by atoms with van der Waals surface area (Å²) < 4.78 is 53.9. The Morgan fingerprint density at radius 1 is 1.00 bits per heavy atom. The van der Waals surface area contributed by atoms with Crippen molar-refractivity contribution in [3.05, 3.63) is 58.8 Å². The van der Waals surface area contributed by atoms with Crippen LogP contribution >= 0.6 is 11.8 Å². The lowest BCUT2D eigenvalue weighted by Gasteiger charge is -2.12. The summed E-state index contributed by atoms with van der Waals surface area (Å²) in [5.41, 5.74) is 0.716. The average molecular weight is 549 g/mol. The first-order valence-corrected chi connectivity index (χ1v) is 14.7. The summed E-state index contributed by atoms with van der Waals surface area (Å²) in [6, 6.07) is 9.78. The van der Waals surface area contributed by atoms with Gasteiger partial charge in [0, 0.05) is 6.54 Å². The average Bonchev–Trinajstić information content (AvgIpc) is 3.16. The highest BCUT2D eigenvalue weighted by molar-refractivity contribution is 8.19. The van der Waals surface area contributed by atoms with Crippen LogP contribution in [0.1, 0.15) is 57.9 Å². The second-order valence-electron chi connectivity index (χ2n) is 8.49. The molecule has 2 aromatic rings. The van der Waals surface area contributed by atoms with Gasteiger partial charge in [-0.05, 0) is 73.1 Å². The van der Waals surface area contributed by atoms with E-state index in [1.807, 2.05) is 0 Å². The molecule has 1 fully saturated rings. The number of sulfonamides is 1. The SMILES string of the molecule is CCCCCCCCOc1cc(C=C2SC(=NS(=O)(=O)c3ccc(F)cc3)N(CC)C2=O)ccc1OC. The maximum atomic E-state index is 13.2. The maximum absolute atomic E-state index is 13.2. The smallest absolute Gasteiger partial charge is 0.284 e. The normalized spacial score (nSPS) is 16.1. The van der Waals surface area contributed by atoms with Gasteiger partial charge in [-0.2, -0.15) is 8.42 Å². The van der Waals surface area contributed by atoms with E-state index < -0.39 is 15.8 Å². The summed E-state index contributed by atoms with van der Waals surface area (Å²) in [4.78, 5) is 14.5. The second-order valence-corrected chi connectivity index (χ2v) is 11.1. The van der Waals surface area contributed by atoms with E-state index in [2.05, 4.69) is 11.3 Å². The minimum absolute atomic E-state index is 0.0520. The molecular weight excluding hydrogens is 515 g/mol. The molecule has 37 heavy (non-hydrogen) atoms. The lowest BCUT2D eigenvalue weighted by Crippen LogP contribution is -2.29. The molecule has 0 radical (unpaired) electrons. The van der Waals surface area contributed by atoms with E-state index in [0.29, 0.717) is 28.6 Å². The second kappa shape index (κ2) is 13.6. The summed E-state index contributed by atoms with van der Waals surface area (Å²) in [5.74, 6) is 0.292. The first-order valence-electron chi connectivity index (χ1n) is 12.4. The lowest BCUT2D eigenvalue weighted by atomic mass is 10.1. The highest BCUT2D eigenvalue weighted by atomic mass is 32.2. The largest absolute Gasteiger partial charge is 0.493 e. The van der Waals surface area contributed by atoms with E-state index in [1.165, 1.54) is 30.6 Å². The van der Waals surface area contributed by atoms with E-state index in [9.17, 15) is 17.6 Å². The summed E-state index contributed by atoms with van der Waals surface area (Å²) in [6.07, 6.45) is 8.62. The lowest BCUT2D eigenvalue weighted by molar-refractivity contribution is -0.122. The highest BCUT2D eigenvalue weighted by Crippen LogP contribution is 2.35. The number of rotatable bonds is 13. The fourth-order valence-corrected chi connectivity index (χ4v) is 5.97. The number of thioether (sulfide) groups is 1. The standard InChI is InChI=1S/C27H33FN2O5S2/c1-4-6-7-8-9-10-17-35-24-18-20(11-16-23(24)34-3)19-25-26(31)30(5-2)27(36-25)29-37(32,33)22-14-12-21(28)13-15-22/h11-16,18-19H,4-10,17H2,1-3H3. The van der Waals surface area contributed by atoms with Crippen LogP contribution in [-0.4, -0.2) is 44.7 Å². The maximum Gasteiger partial charge on any atom is 0.284 e. The van der Waals surface area contributed by atoms with Crippen molar-refractivity contribution in [1.29, 1.82) is 0 Å². The predicted molar refractivity (Wildman–Crippen MR) is 146 cm³/mol. The Hall–Kier alpha value is -2.85. The summed E-state index contributed by atoms with van der Waals surface area (Å²) >= 11 is 0.980. The van der Waals surface area contributed by atoms with Crippen LogP contribution < -0.4 is 9.47 Å². The van der Waals surface area contributed by atoms with Gasteiger partial charge in [0.1, 0.15) is 5.82 Å². The van der Waals surface area contributed by atoms with Gasteiger partial charge >= 0.3 is 0 Å². The Bertz CT molecular complexity index is 1240. The Morgan fingerprint density at radius 2 is 1.70 bits per heavy atom. The number of carbonyl (C=O) groups excluding carboxylic acids is 1. The van der Waals surface area contributed by atoms with E-state index in [0.717, 1.165) is 48.9 Å². The van der Waals surface area contributed by atoms with Crippen molar-refractivity contribution in [2.24, 2.45) is 4.40 Å². The number of carbonyl (C=O) groups is 1. The van der Waals surface area contributed by atoms with Crippen LogP contribution in [0.2, 0.25) is 0 Å². The van der Waals surface area contributed by atoms with Crippen LogP contribution in [0.3, 0.4) is 0 Å². The molecule has 0 unspecified atom stereocenters. The molecule has 10 heteroatoms. The van der Waals surface area contributed by atoms with E-state index >= 15 is 0 Å². The summed E-state index contributed by atoms with van der Waals surface area (Å²) in [6.45, 7) is 4.75. The number of likely N-dealkylation sites (N-methyl/N-ethyl adjacent to an activating group) is 1. The van der Waals surface area contributed by atoms with Crippen molar-refractivity contribution < 1.29 is 27.1 Å². The molecule has 200 valence electrons. The molecule has 0 atom stereocenters. The molecule has 0 spiro atoms. The van der Waals surface area contributed by atoms with Crippen LogP contribution in [-0.2, 0) is 14.8 Å². The van der Waals surface area contributed by atoms with Crippen molar-refractivity contribution in [3.8, 4) is 11.5 Å². The third kappa shape index (κ3) is 7.82. The van der Waals surface area contributed by atoms with E-state index in [1.54, 1.807) is 38.3 Å². The third-order valence-corrected chi connectivity index (χ3v) is 8.16. The Balaban J connectivity index is 1.77. The van der Waals surface area contributed by atoms with Crippen LogP contribution in [0.4, 0.5) is 4.39 Å². The number of ether oxygens (including phenoxy) is 2. The fraction of sp³-hybridized carbons (Fsp3) is 0.407. The molecule has 0 N–H and O–H groups in total. The van der Waals surface area contributed by atoms with Crippen molar-refractivity contribution >= 4 is 38.9 Å². The van der Waals surface area contributed by atoms with Crippen LogP contribution in [0, 0.1) is 5.82 Å². The minimum Gasteiger partial charge on any atom is -0.493 e. The van der Waals surface area contributed by atoms with Gasteiger partial charge in [0.2, 0.25) is 0 Å². The molecule has 0 aromatic heterocycles. The first kappa shape index (κ1) is 28.7. The molecule has 3 rings (SSSR count). The van der Waals surface area contributed by atoms with Gasteiger partial charge in [-0.1, -0.05) is 45.1 Å². The summed E-state index contributed by atoms with van der Waals surface area (Å²) in [7, 11) is -2.54. The van der Waals surface area contributed by atoms with Crippen LogP contribution in [0.15, 0.2) is 56.7 Å². The zero-order valence-corrected chi connectivity index (χ0v) is 23.0. The molecule has 0 aliphatic carbocycles. The number of halogens is 1. The van der Waals surface area contributed by atoms with Gasteiger partial charge in [-0.25, -0.2) is 4.39 Å². The first-order chi connectivity index (χ1) is 17.8. The molecule has 1 heterocycles. The van der Waals surface area contributed by atoms with Crippen molar-refractivity contribution in [2.75, 3.05) is 20.3 Å². The molecule has 1 aliphatic rings. The topological polar surface area (TPSA) is 85.3 Å². The number of benzene rings is 2. The zero-order chi connectivity index (χ0) is 26.8. The Kier molecular flexibility index (Phi) is 10.6. The molecule has 2 aromatic carbocycles. The minimum atomic E-state index is -4.12. The predicted octanol–water partition coefficient (Wildman–Crippen LogP) is 6.25. The molecule has 1 saturated heterocycles. The van der Waals surface area contributed by atoms with Gasteiger partial charge in [-0.3, -0.25) is 9.69 Å². The number of amidine groups is 1. The number of nitrogens with zero attached hydrogens (tertiary/aromatic N) is 2. The van der Waals surface area contributed by atoms with E-state index in [-0.39, 0.29) is 22.5 Å². The molecule has 0 saturated carbocycles. The van der Waals surface area contributed by atoms with Gasteiger partial charge in [0.05, 0.1) is 23.5 Å². The number of amides is 1. The number of methoxy groups -OCH3 is 1. The van der Waals surface area contributed by atoms with Crippen LogP contribution in [0.5, 0.6) is 11.5 Å². The molecule has 0 bridgehead atoms. The van der Waals surface area contributed by atoms with Gasteiger partial charge in [-0.15, -0.1) is 4.40 Å². The fourth-order valence-electron chi connectivity index (χ4n) is 3.73. The molecule has 1 aliphatic heterocycles. The van der Waals surface area contributed by atoms with Crippen LogP contribution in [0.25, 0.3) is 6.08 Å². The molecular formula is C27H33FN2O5S2. The summed E-state index contributed by atoms with van der Waals surface area (Å²) in [5, 5.41) is 0.0520. The highest BCUT2D eigenvalue weighted by Gasteiger charge is 2.34. The van der Waals surface area contributed by atoms with E-state index in [4.69, 9.17) is 9.47 Å². The quantitative estimate of drug-likeness (QED) is 0.217. The molecule has 7 nitrogen and oxygen atoms in total. The van der Waals surface area contributed by atoms with Crippen molar-refractivity contribution in [3.63, 3.8) is 0 Å². The zero-order valence-electron chi connectivity index (χ0n) is 21.4. The van der Waals surface area contributed by atoms with Crippen molar-refractivity contribution in [2.45, 2.75) is 57.3 Å². The van der Waals surface area contributed by atoms with Crippen molar-refractivity contribution in [1.82, 2.24) is 4.90 Å². The van der Waals surface area contributed by atoms with Gasteiger partial charge in [0.15, 0.2) is 16.7 Å². The van der Waals surface area contributed by atoms with Gasteiger partial charge in [0.25, 0.3) is 15.9 Å².